The van der Waals surface area contributed by atoms with Gasteiger partial charge in [0, 0.05) is 13.1 Å². The third-order valence-corrected chi connectivity index (χ3v) is 2.20. The predicted octanol–water partition coefficient (Wildman–Crippen LogP) is 2.56. The summed E-state index contributed by atoms with van der Waals surface area (Å²) in [4.78, 5) is 6.46. The van der Waals surface area contributed by atoms with Gasteiger partial charge in [0.1, 0.15) is 0 Å². The topological polar surface area (TPSA) is 15.6 Å². The fourth-order valence-corrected chi connectivity index (χ4v) is 0.992. The molecule has 0 N–H and O–H groups in total. The highest BCUT2D eigenvalue weighted by Gasteiger charge is 1.95. The summed E-state index contributed by atoms with van der Waals surface area (Å²) in [6.07, 6.45) is 1.90. The van der Waals surface area contributed by atoms with Gasteiger partial charge in [0.25, 0.3) is 0 Å². The molecule has 0 aliphatic heterocycles. The fourth-order valence-electron chi connectivity index (χ4n) is 0.992. The van der Waals surface area contributed by atoms with Gasteiger partial charge in [0.05, 0.1) is 12.9 Å². The minimum Gasteiger partial charge on any atom is -0.364 e. The minimum absolute atomic E-state index is 0.509. The van der Waals surface area contributed by atoms with E-state index >= 15 is 0 Å². The maximum Gasteiger partial charge on any atom is 0.0853 e. The van der Waals surface area contributed by atoms with Crippen LogP contribution in [-0.2, 0) is 6.54 Å². The van der Waals surface area contributed by atoms with Crippen LogP contribution in [0.1, 0.15) is 19.4 Å². The van der Waals surface area contributed by atoms with E-state index in [2.05, 4.69) is 35.9 Å². The van der Waals surface area contributed by atoms with Crippen LogP contribution in [0.15, 0.2) is 35.3 Å². The van der Waals surface area contributed by atoms with Crippen molar-refractivity contribution in [2.45, 2.75) is 26.4 Å². The average molecular weight is 190 g/mol. The van der Waals surface area contributed by atoms with Crippen LogP contribution in [0.2, 0.25) is 0 Å². The van der Waals surface area contributed by atoms with E-state index < -0.39 is 0 Å². The minimum atomic E-state index is 0.509. The van der Waals surface area contributed by atoms with Crippen molar-refractivity contribution >= 4 is 6.34 Å². The molecule has 0 fully saturated rings. The van der Waals surface area contributed by atoms with Crippen LogP contribution >= 0.6 is 0 Å². The molecule has 0 aliphatic carbocycles. The zero-order chi connectivity index (χ0) is 10.4. The van der Waals surface area contributed by atoms with Gasteiger partial charge in [-0.25, -0.2) is 0 Å². The molecule has 0 atom stereocenters. The Morgan fingerprint density at radius 1 is 1.29 bits per heavy atom. The van der Waals surface area contributed by atoms with Gasteiger partial charge >= 0.3 is 0 Å². The van der Waals surface area contributed by atoms with Crippen molar-refractivity contribution in [3.63, 3.8) is 0 Å². The van der Waals surface area contributed by atoms with E-state index in [-0.39, 0.29) is 0 Å². The van der Waals surface area contributed by atoms with Crippen molar-refractivity contribution in [3.8, 4) is 0 Å². The molecule has 0 aliphatic rings. The normalized spacial score (nSPS) is 11.1. The van der Waals surface area contributed by atoms with Crippen LogP contribution in [0.25, 0.3) is 0 Å². The lowest BCUT2D eigenvalue weighted by Crippen LogP contribution is -2.24. The van der Waals surface area contributed by atoms with Crippen LogP contribution in [0.3, 0.4) is 0 Å². The molecule has 2 nitrogen and oxygen atoms in total. The van der Waals surface area contributed by atoms with Crippen LogP contribution in [0, 0.1) is 0 Å². The summed E-state index contributed by atoms with van der Waals surface area (Å²) in [5.41, 5.74) is 1.25. The second-order valence-electron chi connectivity index (χ2n) is 3.70. The van der Waals surface area contributed by atoms with Gasteiger partial charge in [-0.2, -0.15) is 0 Å². The molecular weight excluding hydrogens is 172 g/mol. The van der Waals surface area contributed by atoms with Gasteiger partial charge in [-0.15, -0.1) is 0 Å². The summed E-state index contributed by atoms with van der Waals surface area (Å²) in [6.45, 7) is 5.06. The highest BCUT2D eigenvalue weighted by Crippen LogP contribution is 1.99. The predicted molar refractivity (Wildman–Crippen MR) is 61.5 cm³/mol. The first kappa shape index (κ1) is 10.8. The van der Waals surface area contributed by atoms with Crippen molar-refractivity contribution in [2.75, 3.05) is 7.05 Å². The molecule has 0 unspecified atom stereocenters. The van der Waals surface area contributed by atoms with E-state index in [0.29, 0.717) is 6.04 Å². The maximum atomic E-state index is 4.36. The van der Waals surface area contributed by atoms with Crippen molar-refractivity contribution in [1.82, 2.24) is 4.90 Å². The Morgan fingerprint density at radius 2 is 1.93 bits per heavy atom. The third kappa shape index (κ3) is 3.60. The molecule has 1 rings (SSSR count). The molecule has 14 heavy (non-hydrogen) atoms. The lowest BCUT2D eigenvalue weighted by Gasteiger charge is -2.17. The molecule has 2 heteroatoms. The number of nitrogens with zero attached hydrogens (tertiary/aromatic N) is 2. The Hall–Kier alpha value is -1.31. The van der Waals surface area contributed by atoms with Crippen molar-refractivity contribution < 1.29 is 0 Å². The van der Waals surface area contributed by atoms with Crippen molar-refractivity contribution in [3.05, 3.63) is 35.9 Å². The average Bonchev–Trinajstić information content (AvgIpc) is 2.19. The highest BCUT2D eigenvalue weighted by molar-refractivity contribution is 5.54. The summed E-state index contributed by atoms with van der Waals surface area (Å²) in [5, 5.41) is 0. The number of hydrogen-bond acceptors (Lipinski definition) is 1. The summed E-state index contributed by atoms with van der Waals surface area (Å²) in [6, 6.07) is 10.8. The Balaban J connectivity index is 2.41. The monoisotopic (exact) mass is 190 g/mol. The van der Waals surface area contributed by atoms with Gasteiger partial charge in [0.2, 0.25) is 0 Å². The smallest absolute Gasteiger partial charge is 0.0853 e. The number of aliphatic imine (C=N–C) groups is 1. The molecule has 76 valence electrons. The molecule has 1 aromatic carbocycles. The molecular formula is C12H18N2. The molecule has 0 aromatic heterocycles. The third-order valence-electron chi connectivity index (χ3n) is 2.20. The molecule has 0 saturated heterocycles. The van der Waals surface area contributed by atoms with Crippen LogP contribution in [0.5, 0.6) is 0 Å². The van der Waals surface area contributed by atoms with Crippen molar-refractivity contribution in [2.24, 2.45) is 4.99 Å². The van der Waals surface area contributed by atoms with Gasteiger partial charge < -0.3 is 4.90 Å². The van der Waals surface area contributed by atoms with E-state index in [0.717, 1.165) is 6.54 Å². The molecule has 0 amide bonds. The summed E-state index contributed by atoms with van der Waals surface area (Å²) >= 11 is 0. The first-order valence-corrected chi connectivity index (χ1v) is 4.96. The quantitative estimate of drug-likeness (QED) is 0.526. The molecule has 0 heterocycles. The van der Waals surface area contributed by atoms with Crippen LogP contribution in [-0.4, -0.2) is 24.3 Å². The second-order valence-corrected chi connectivity index (χ2v) is 3.70. The van der Waals surface area contributed by atoms with Gasteiger partial charge in [-0.3, -0.25) is 4.99 Å². The molecule has 0 bridgehead atoms. The van der Waals surface area contributed by atoms with Gasteiger partial charge in [-0.05, 0) is 19.4 Å². The molecule has 0 spiro atoms. The zero-order valence-electron chi connectivity index (χ0n) is 9.14. The van der Waals surface area contributed by atoms with Gasteiger partial charge in [0.15, 0.2) is 0 Å². The van der Waals surface area contributed by atoms with E-state index in [9.17, 15) is 0 Å². The SMILES string of the molecule is CC(C)N(C)C=NCc1ccccc1. The Kier molecular flexibility index (Phi) is 4.17. The first-order valence-electron chi connectivity index (χ1n) is 4.96. The van der Waals surface area contributed by atoms with E-state index in [1.54, 1.807) is 0 Å². The van der Waals surface area contributed by atoms with E-state index in [1.165, 1.54) is 5.56 Å². The van der Waals surface area contributed by atoms with Gasteiger partial charge in [-0.1, -0.05) is 30.3 Å². The maximum absolute atomic E-state index is 4.36. The van der Waals surface area contributed by atoms with E-state index in [4.69, 9.17) is 0 Å². The summed E-state index contributed by atoms with van der Waals surface area (Å²) in [7, 11) is 2.04. The molecule has 1 aromatic rings. The Bertz CT molecular complexity index is 278. The van der Waals surface area contributed by atoms with Crippen LogP contribution < -0.4 is 0 Å². The lowest BCUT2D eigenvalue weighted by atomic mass is 10.2. The Morgan fingerprint density at radius 3 is 2.50 bits per heavy atom. The number of rotatable bonds is 4. The number of hydrogen-bond donors (Lipinski definition) is 0. The van der Waals surface area contributed by atoms with Crippen LogP contribution in [0.4, 0.5) is 0 Å². The summed E-state index contributed by atoms with van der Waals surface area (Å²) in [5.74, 6) is 0. The molecule has 0 radical (unpaired) electrons. The second kappa shape index (κ2) is 5.43. The largest absolute Gasteiger partial charge is 0.364 e. The fraction of sp³-hybridized carbons (Fsp3) is 0.417. The zero-order valence-corrected chi connectivity index (χ0v) is 9.14. The summed E-state index contributed by atoms with van der Waals surface area (Å²) < 4.78 is 0. The molecule has 0 saturated carbocycles. The highest BCUT2D eigenvalue weighted by atomic mass is 15.1. The van der Waals surface area contributed by atoms with Crippen molar-refractivity contribution in [1.29, 1.82) is 0 Å². The standard InChI is InChI=1S/C12H18N2/c1-11(2)14(3)10-13-9-12-7-5-4-6-8-12/h4-8,10-11H,9H2,1-3H3. The van der Waals surface area contributed by atoms with E-state index in [1.807, 2.05) is 31.6 Å². The number of benzene rings is 1. The Labute approximate surface area is 86.3 Å². The first-order chi connectivity index (χ1) is 6.70. The lowest BCUT2D eigenvalue weighted by molar-refractivity contribution is 0.428.